The molecule has 0 bridgehead atoms. The van der Waals surface area contributed by atoms with Gasteiger partial charge in [0.25, 0.3) is 0 Å². The van der Waals surface area contributed by atoms with E-state index in [-0.39, 0.29) is 0 Å². The van der Waals surface area contributed by atoms with E-state index < -0.39 is 0 Å². The summed E-state index contributed by atoms with van der Waals surface area (Å²) >= 11 is 7.51. The van der Waals surface area contributed by atoms with Gasteiger partial charge in [-0.25, -0.2) is 0 Å². The number of hydrogen-bond acceptors (Lipinski definition) is 2. The summed E-state index contributed by atoms with van der Waals surface area (Å²) in [5, 5.41) is 7.84. The summed E-state index contributed by atoms with van der Waals surface area (Å²) in [4.78, 5) is 0. The third-order valence-electron chi connectivity index (χ3n) is 2.37. The van der Waals surface area contributed by atoms with Gasteiger partial charge >= 0.3 is 0 Å². The van der Waals surface area contributed by atoms with Crippen LogP contribution in [0, 0.1) is 5.92 Å². The first-order valence-corrected chi connectivity index (χ1v) is 6.52. The van der Waals surface area contributed by atoms with E-state index in [1.54, 1.807) is 11.3 Å². The van der Waals surface area contributed by atoms with Crippen LogP contribution in [-0.4, -0.2) is 11.9 Å². The van der Waals surface area contributed by atoms with E-state index in [4.69, 9.17) is 11.6 Å². The molecule has 1 rings (SSSR count). The lowest BCUT2D eigenvalue weighted by Gasteiger charge is -2.21. The summed E-state index contributed by atoms with van der Waals surface area (Å²) < 4.78 is 0. The Morgan fingerprint density at radius 2 is 2.29 bits per heavy atom. The van der Waals surface area contributed by atoms with Crippen molar-refractivity contribution in [2.45, 2.75) is 32.9 Å². The van der Waals surface area contributed by atoms with Crippen LogP contribution in [0.25, 0.3) is 0 Å². The predicted octanol–water partition coefficient (Wildman–Crippen LogP) is 3.49. The van der Waals surface area contributed by atoms with Gasteiger partial charge in [-0.15, -0.1) is 11.6 Å². The zero-order valence-corrected chi connectivity index (χ0v) is 10.4. The van der Waals surface area contributed by atoms with Crippen LogP contribution in [0.1, 0.15) is 25.8 Å². The zero-order valence-electron chi connectivity index (χ0n) is 8.79. The molecule has 0 aliphatic heterocycles. The van der Waals surface area contributed by atoms with Crippen LogP contribution in [-0.2, 0) is 6.54 Å². The van der Waals surface area contributed by atoms with Crippen molar-refractivity contribution in [1.29, 1.82) is 0 Å². The molecule has 1 aromatic rings. The van der Waals surface area contributed by atoms with Crippen LogP contribution in [0.3, 0.4) is 0 Å². The first-order valence-electron chi connectivity index (χ1n) is 5.04. The third-order valence-corrected chi connectivity index (χ3v) is 3.32. The van der Waals surface area contributed by atoms with E-state index >= 15 is 0 Å². The quantitative estimate of drug-likeness (QED) is 0.740. The number of thiophene rings is 1. The van der Waals surface area contributed by atoms with Gasteiger partial charge in [0.2, 0.25) is 0 Å². The SMILES string of the molecule is CC(C)C(CCCl)NCc1ccsc1. The molecule has 0 aliphatic carbocycles. The highest BCUT2D eigenvalue weighted by Gasteiger charge is 2.11. The molecule has 0 spiro atoms. The van der Waals surface area contributed by atoms with Gasteiger partial charge in [-0.2, -0.15) is 11.3 Å². The molecule has 0 amide bonds. The molecule has 1 unspecified atom stereocenters. The summed E-state index contributed by atoms with van der Waals surface area (Å²) in [6, 6.07) is 2.70. The molecule has 0 saturated heterocycles. The lowest BCUT2D eigenvalue weighted by atomic mass is 10.0. The third kappa shape index (κ3) is 3.99. The van der Waals surface area contributed by atoms with Crippen molar-refractivity contribution in [2.24, 2.45) is 5.92 Å². The zero-order chi connectivity index (χ0) is 10.4. The number of nitrogens with one attached hydrogen (secondary N) is 1. The minimum atomic E-state index is 0.535. The maximum absolute atomic E-state index is 5.76. The van der Waals surface area contributed by atoms with Gasteiger partial charge in [0.05, 0.1) is 0 Å². The fraction of sp³-hybridized carbons (Fsp3) is 0.636. The number of alkyl halides is 1. The van der Waals surface area contributed by atoms with Gasteiger partial charge < -0.3 is 5.32 Å². The maximum atomic E-state index is 5.76. The smallest absolute Gasteiger partial charge is 0.0238 e. The Kier molecular flexibility index (Phi) is 5.53. The topological polar surface area (TPSA) is 12.0 Å². The molecule has 1 aromatic heterocycles. The second-order valence-electron chi connectivity index (χ2n) is 3.84. The molecule has 0 aromatic carbocycles. The van der Waals surface area contributed by atoms with Crippen LogP contribution in [0.5, 0.6) is 0 Å². The Labute approximate surface area is 95.5 Å². The van der Waals surface area contributed by atoms with Crippen molar-refractivity contribution in [2.75, 3.05) is 5.88 Å². The van der Waals surface area contributed by atoms with Crippen LogP contribution in [0.4, 0.5) is 0 Å². The maximum Gasteiger partial charge on any atom is 0.0238 e. The number of rotatable bonds is 6. The largest absolute Gasteiger partial charge is 0.310 e. The second-order valence-corrected chi connectivity index (χ2v) is 5.00. The van der Waals surface area contributed by atoms with Crippen LogP contribution >= 0.6 is 22.9 Å². The Morgan fingerprint density at radius 3 is 2.79 bits per heavy atom. The van der Waals surface area contributed by atoms with Crippen molar-refractivity contribution < 1.29 is 0 Å². The van der Waals surface area contributed by atoms with Gasteiger partial charge in [0, 0.05) is 18.5 Å². The lowest BCUT2D eigenvalue weighted by molar-refractivity contribution is 0.389. The molecule has 3 heteroatoms. The van der Waals surface area contributed by atoms with Gasteiger partial charge in [0.15, 0.2) is 0 Å². The highest BCUT2D eigenvalue weighted by atomic mass is 35.5. The van der Waals surface area contributed by atoms with E-state index in [1.165, 1.54) is 5.56 Å². The summed E-state index contributed by atoms with van der Waals surface area (Å²) in [5.74, 6) is 1.38. The van der Waals surface area contributed by atoms with E-state index in [2.05, 4.69) is 36.0 Å². The Balaban J connectivity index is 2.33. The standard InChI is InChI=1S/C11H18ClNS/c1-9(2)11(3-5-12)13-7-10-4-6-14-8-10/h4,6,8-9,11,13H,3,5,7H2,1-2H3. The van der Waals surface area contributed by atoms with Crippen molar-refractivity contribution in [3.63, 3.8) is 0 Å². The van der Waals surface area contributed by atoms with Gasteiger partial charge in [-0.05, 0) is 34.7 Å². The highest BCUT2D eigenvalue weighted by molar-refractivity contribution is 7.07. The van der Waals surface area contributed by atoms with Crippen molar-refractivity contribution in [3.05, 3.63) is 22.4 Å². The normalized spacial score (nSPS) is 13.4. The van der Waals surface area contributed by atoms with E-state index in [0.717, 1.165) is 18.8 Å². The first-order chi connectivity index (χ1) is 6.74. The van der Waals surface area contributed by atoms with E-state index in [9.17, 15) is 0 Å². The van der Waals surface area contributed by atoms with Crippen LogP contribution in [0.15, 0.2) is 16.8 Å². The molecule has 1 N–H and O–H groups in total. The minimum Gasteiger partial charge on any atom is -0.310 e. The Morgan fingerprint density at radius 1 is 1.50 bits per heavy atom. The molecule has 80 valence electrons. The average molecular weight is 232 g/mol. The van der Waals surface area contributed by atoms with Crippen molar-refractivity contribution >= 4 is 22.9 Å². The summed E-state index contributed by atoms with van der Waals surface area (Å²) in [7, 11) is 0. The minimum absolute atomic E-state index is 0.535. The second kappa shape index (κ2) is 6.44. The molecule has 0 aliphatic rings. The molecular formula is C11H18ClNS. The number of hydrogen-bond donors (Lipinski definition) is 1. The van der Waals surface area contributed by atoms with Crippen LogP contribution in [0.2, 0.25) is 0 Å². The monoisotopic (exact) mass is 231 g/mol. The van der Waals surface area contributed by atoms with E-state index in [0.29, 0.717) is 12.0 Å². The van der Waals surface area contributed by atoms with E-state index in [1.807, 2.05) is 0 Å². The first kappa shape index (κ1) is 12.0. The van der Waals surface area contributed by atoms with Gasteiger partial charge in [0.1, 0.15) is 0 Å². The molecular weight excluding hydrogens is 214 g/mol. The molecule has 0 radical (unpaired) electrons. The van der Waals surface area contributed by atoms with Crippen LogP contribution < -0.4 is 5.32 Å². The molecule has 1 heterocycles. The predicted molar refractivity (Wildman–Crippen MR) is 65.1 cm³/mol. The molecule has 0 fully saturated rings. The summed E-state index contributed by atoms with van der Waals surface area (Å²) in [6.45, 7) is 5.43. The fourth-order valence-corrected chi connectivity index (χ4v) is 2.33. The van der Waals surface area contributed by atoms with Crippen molar-refractivity contribution in [1.82, 2.24) is 5.32 Å². The summed E-state index contributed by atoms with van der Waals surface area (Å²) in [5.41, 5.74) is 1.37. The highest BCUT2D eigenvalue weighted by Crippen LogP contribution is 2.10. The Bertz CT molecular complexity index is 233. The van der Waals surface area contributed by atoms with Gasteiger partial charge in [-0.3, -0.25) is 0 Å². The Hall–Kier alpha value is -0.0500. The molecule has 14 heavy (non-hydrogen) atoms. The number of halogens is 1. The van der Waals surface area contributed by atoms with Gasteiger partial charge in [-0.1, -0.05) is 13.8 Å². The molecule has 1 atom stereocenters. The molecule has 0 saturated carbocycles. The lowest BCUT2D eigenvalue weighted by Crippen LogP contribution is -2.33. The molecule has 1 nitrogen and oxygen atoms in total. The average Bonchev–Trinajstić information content (AvgIpc) is 2.64. The summed E-state index contributed by atoms with van der Waals surface area (Å²) in [6.07, 6.45) is 1.04. The van der Waals surface area contributed by atoms with Crippen molar-refractivity contribution in [3.8, 4) is 0 Å². The fourth-order valence-electron chi connectivity index (χ4n) is 1.43.